The van der Waals surface area contributed by atoms with Crippen molar-refractivity contribution >= 4 is 0 Å². The van der Waals surface area contributed by atoms with Crippen LogP contribution in [0.4, 0.5) is 8.78 Å². The minimum absolute atomic E-state index is 0.364. The van der Waals surface area contributed by atoms with Gasteiger partial charge in [0.1, 0.15) is 11.6 Å². The highest BCUT2D eigenvalue weighted by molar-refractivity contribution is 5.18. The highest BCUT2D eigenvalue weighted by Gasteiger charge is 2.02. The minimum atomic E-state index is -0.559. The number of halogens is 2. The van der Waals surface area contributed by atoms with E-state index >= 15 is 0 Å². The molecule has 0 aliphatic carbocycles. The summed E-state index contributed by atoms with van der Waals surface area (Å²) < 4.78 is 31.1. The predicted octanol–water partition coefficient (Wildman–Crippen LogP) is 2.65. The van der Waals surface area contributed by atoms with Gasteiger partial charge < -0.3 is 10.1 Å². The zero-order chi connectivity index (χ0) is 12.7. The summed E-state index contributed by atoms with van der Waals surface area (Å²) >= 11 is 0. The molecule has 0 atom stereocenters. The molecule has 0 spiro atoms. The Hall–Kier alpha value is -1.26. The van der Waals surface area contributed by atoms with E-state index < -0.39 is 11.6 Å². The molecule has 0 unspecified atom stereocenters. The third kappa shape index (κ3) is 5.56. The van der Waals surface area contributed by atoms with Crippen molar-refractivity contribution in [2.24, 2.45) is 0 Å². The molecule has 1 N–H and O–H groups in total. The molecule has 0 saturated carbocycles. The summed E-state index contributed by atoms with van der Waals surface area (Å²) in [5.41, 5.74) is 1.42. The zero-order valence-corrected chi connectivity index (χ0v) is 9.93. The molecule has 17 heavy (non-hydrogen) atoms. The van der Waals surface area contributed by atoms with Crippen molar-refractivity contribution in [1.82, 2.24) is 5.32 Å². The van der Waals surface area contributed by atoms with Crippen LogP contribution >= 0.6 is 0 Å². The van der Waals surface area contributed by atoms with Gasteiger partial charge in [-0.05, 0) is 13.0 Å². The van der Waals surface area contributed by atoms with Gasteiger partial charge in [0.15, 0.2) is 0 Å². The van der Waals surface area contributed by atoms with Crippen molar-refractivity contribution in [1.29, 1.82) is 0 Å². The van der Waals surface area contributed by atoms with Crippen molar-refractivity contribution in [3.8, 4) is 0 Å². The maximum atomic E-state index is 13.2. The molecule has 4 heteroatoms. The first-order chi connectivity index (χ1) is 8.09. The maximum absolute atomic E-state index is 13.2. The molecule has 2 nitrogen and oxygen atoms in total. The van der Waals surface area contributed by atoms with Crippen LogP contribution in [0.2, 0.25) is 0 Å². The van der Waals surface area contributed by atoms with Crippen molar-refractivity contribution in [3.63, 3.8) is 0 Å². The Labute approximate surface area is 100 Å². The van der Waals surface area contributed by atoms with Gasteiger partial charge in [-0.2, -0.15) is 0 Å². The van der Waals surface area contributed by atoms with Gasteiger partial charge in [0.2, 0.25) is 0 Å². The monoisotopic (exact) mass is 241 g/mol. The Morgan fingerprint density at radius 1 is 1.41 bits per heavy atom. The summed E-state index contributed by atoms with van der Waals surface area (Å²) in [7, 11) is 0. The molecule has 0 saturated heterocycles. The van der Waals surface area contributed by atoms with Crippen LogP contribution < -0.4 is 5.32 Å². The Kier molecular flexibility index (Phi) is 5.80. The lowest BCUT2D eigenvalue weighted by Crippen LogP contribution is -2.20. The van der Waals surface area contributed by atoms with Crippen LogP contribution in [0.25, 0.3) is 0 Å². The van der Waals surface area contributed by atoms with Gasteiger partial charge in [0.25, 0.3) is 0 Å². The fourth-order valence-electron chi connectivity index (χ4n) is 1.28. The van der Waals surface area contributed by atoms with Crippen LogP contribution in [0.3, 0.4) is 0 Å². The number of ether oxygens (including phenoxy) is 1. The highest BCUT2D eigenvalue weighted by Crippen LogP contribution is 2.08. The van der Waals surface area contributed by atoms with Gasteiger partial charge in [-0.3, -0.25) is 0 Å². The number of nitrogens with one attached hydrogen (secondary N) is 1. The predicted molar refractivity (Wildman–Crippen MR) is 63.7 cm³/mol. The van der Waals surface area contributed by atoms with E-state index in [-0.39, 0.29) is 0 Å². The van der Waals surface area contributed by atoms with Crippen molar-refractivity contribution in [2.75, 3.05) is 19.8 Å². The van der Waals surface area contributed by atoms with Gasteiger partial charge in [-0.25, -0.2) is 8.78 Å². The van der Waals surface area contributed by atoms with Gasteiger partial charge >= 0.3 is 0 Å². The third-order valence-electron chi connectivity index (χ3n) is 2.10. The second-order valence-electron chi connectivity index (χ2n) is 3.92. The first-order valence-corrected chi connectivity index (χ1v) is 5.46. The molecule has 1 aromatic rings. The lowest BCUT2D eigenvalue weighted by Gasteiger charge is -2.07. The Morgan fingerprint density at radius 2 is 2.18 bits per heavy atom. The minimum Gasteiger partial charge on any atom is -0.376 e. The quantitative estimate of drug-likeness (QED) is 0.585. The smallest absolute Gasteiger partial charge is 0.130 e. The molecule has 0 aromatic heterocycles. The van der Waals surface area contributed by atoms with Crippen LogP contribution in [0.15, 0.2) is 30.4 Å². The zero-order valence-electron chi connectivity index (χ0n) is 9.93. The normalized spacial score (nSPS) is 10.5. The first kappa shape index (κ1) is 13.8. The van der Waals surface area contributed by atoms with Crippen LogP contribution in [0.5, 0.6) is 0 Å². The van der Waals surface area contributed by atoms with Crippen LogP contribution in [-0.4, -0.2) is 19.8 Å². The van der Waals surface area contributed by atoms with Crippen LogP contribution in [-0.2, 0) is 11.3 Å². The maximum Gasteiger partial charge on any atom is 0.130 e. The van der Waals surface area contributed by atoms with Crippen molar-refractivity contribution in [3.05, 3.63) is 47.5 Å². The SMILES string of the molecule is C=C(C)COCCNCc1ccc(F)cc1F. The number of hydrogen-bond acceptors (Lipinski definition) is 2. The molecule has 0 fully saturated rings. The molecule has 0 bridgehead atoms. The summed E-state index contributed by atoms with van der Waals surface area (Å²) in [6, 6.07) is 3.57. The van der Waals surface area contributed by atoms with E-state index in [1.165, 1.54) is 12.1 Å². The fourth-order valence-corrected chi connectivity index (χ4v) is 1.28. The highest BCUT2D eigenvalue weighted by atomic mass is 19.1. The average Bonchev–Trinajstić information content (AvgIpc) is 2.25. The van der Waals surface area contributed by atoms with Gasteiger partial charge in [-0.1, -0.05) is 18.2 Å². The Balaban J connectivity index is 2.20. The second kappa shape index (κ2) is 7.14. The summed E-state index contributed by atoms with van der Waals surface area (Å²) in [6.45, 7) is 7.65. The summed E-state index contributed by atoms with van der Waals surface area (Å²) in [4.78, 5) is 0. The summed E-state index contributed by atoms with van der Waals surface area (Å²) in [5.74, 6) is -1.09. The third-order valence-corrected chi connectivity index (χ3v) is 2.10. The van der Waals surface area contributed by atoms with Gasteiger partial charge in [-0.15, -0.1) is 0 Å². The lowest BCUT2D eigenvalue weighted by atomic mass is 10.2. The Morgan fingerprint density at radius 3 is 2.82 bits per heavy atom. The van der Waals surface area contributed by atoms with E-state index in [0.717, 1.165) is 11.6 Å². The number of hydrogen-bond donors (Lipinski definition) is 1. The van der Waals surface area contributed by atoms with Crippen LogP contribution in [0, 0.1) is 11.6 Å². The largest absolute Gasteiger partial charge is 0.376 e. The number of benzene rings is 1. The Bertz CT molecular complexity index is 380. The molecular formula is C13H17F2NO. The molecule has 0 aliphatic heterocycles. The molecule has 1 rings (SSSR count). The molecule has 0 radical (unpaired) electrons. The molecule has 94 valence electrons. The van der Waals surface area contributed by atoms with Gasteiger partial charge in [0.05, 0.1) is 13.2 Å². The molecular weight excluding hydrogens is 224 g/mol. The van der Waals surface area contributed by atoms with Gasteiger partial charge in [0, 0.05) is 24.7 Å². The summed E-state index contributed by atoms with van der Waals surface area (Å²) in [5, 5.41) is 3.02. The van der Waals surface area contributed by atoms with E-state index in [0.29, 0.717) is 31.9 Å². The molecule has 0 heterocycles. The number of rotatable bonds is 7. The first-order valence-electron chi connectivity index (χ1n) is 5.46. The lowest BCUT2D eigenvalue weighted by molar-refractivity contribution is 0.157. The van der Waals surface area contributed by atoms with E-state index in [4.69, 9.17) is 4.74 Å². The fraction of sp³-hybridized carbons (Fsp3) is 0.385. The summed E-state index contributed by atoms with van der Waals surface area (Å²) in [6.07, 6.45) is 0. The van der Waals surface area contributed by atoms with Crippen molar-refractivity contribution < 1.29 is 13.5 Å². The molecule has 1 aromatic carbocycles. The van der Waals surface area contributed by atoms with Crippen molar-refractivity contribution in [2.45, 2.75) is 13.5 Å². The van der Waals surface area contributed by atoms with Crippen LogP contribution in [0.1, 0.15) is 12.5 Å². The van der Waals surface area contributed by atoms with E-state index in [9.17, 15) is 8.78 Å². The van der Waals surface area contributed by atoms with E-state index in [1.807, 2.05) is 6.92 Å². The topological polar surface area (TPSA) is 21.3 Å². The standard InChI is InChI=1S/C13H17F2NO/c1-10(2)9-17-6-5-16-8-11-3-4-12(14)7-13(11)15/h3-4,7,16H,1,5-6,8-9H2,2H3. The van der Waals surface area contributed by atoms with E-state index in [1.54, 1.807) is 0 Å². The molecule has 0 amide bonds. The second-order valence-corrected chi connectivity index (χ2v) is 3.92. The molecule has 0 aliphatic rings. The van der Waals surface area contributed by atoms with E-state index in [2.05, 4.69) is 11.9 Å². The average molecular weight is 241 g/mol.